The highest BCUT2D eigenvalue weighted by atomic mass is 16.4. The lowest BCUT2D eigenvalue weighted by atomic mass is 10.1. The summed E-state index contributed by atoms with van der Waals surface area (Å²) in [5, 5.41) is 10.8. The standard InChI is InChI=1S/C8H13N2O4/c1-4(2)7(12)10-5(8(13)14)3-6(9)11/h5H,3H2,1-2H3,(H2,9,11)(H,10,12)(H,13,14). The zero-order valence-electron chi connectivity index (χ0n) is 8.03. The van der Waals surface area contributed by atoms with Crippen molar-refractivity contribution in [3.63, 3.8) is 0 Å². The van der Waals surface area contributed by atoms with E-state index in [0.29, 0.717) is 5.92 Å². The molecule has 0 aromatic rings. The largest absolute Gasteiger partial charge is 0.480 e. The Kier molecular flexibility index (Phi) is 4.62. The smallest absolute Gasteiger partial charge is 0.326 e. The van der Waals surface area contributed by atoms with Crippen LogP contribution in [0.3, 0.4) is 0 Å². The van der Waals surface area contributed by atoms with E-state index in [4.69, 9.17) is 10.8 Å². The predicted molar refractivity (Wildman–Crippen MR) is 48.0 cm³/mol. The van der Waals surface area contributed by atoms with Gasteiger partial charge in [0.1, 0.15) is 6.04 Å². The van der Waals surface area contributed by atoms with Gasteiger partial charge in [-0.2, -0.15) is 0 Å². The maximum Gasteiger partial charge on any atom is 0.326 e. The molecule has 2 amide bonds. The van der Waals surface area contributed by atoms with Crippen molar-refractivity contribution in [3.8, 4) is 0 Å². The first kappa shape index (κ1) is 12.4. The van der Waals surface area contributed by atoms with E-state index in [1.165, 1.54) is 0 Å². The third kappa shape index (κ3) is 4.44. The lowest BCUT2D eigenvalue weighted by Gasteiger charge is -2.13. The molecule has 6 nitrogen and oxygen atoms in total. The van der Waals surface area contributed by atoms with Gasteiger partial charge in [0.15, 0.2) is 0 Å². The third-order valence-corrected chi connectivity index (χ3v) is 1.46. The predicted octanol–water partition coefficient (Wildman–Crippen LogP) is -0.955. The van der Waals surface area contributed by atoms with Crippen molar-refractivity contribution < 1.29 is 19.5 Å². The number of carboxylic acid groups (broad SMARTS) is 1. The molecule has 0 aliphatic rings. The van der Waals surface area contributed by atoms with Crippen LogP contribution in [0.4, 0.5) is 0 Å². The lowest BCUT2D eigenvalue weighted by molar-refractivity contribution is -0.143. The van der Waals surface area contributed by atoms with Crippen LogP contribution in [0.2, 0.25) is 0 Å². The fourth-order valence-electron chi connectivity index (χ4n) is 0.704. The number of carboxylic acids is 1. The average molecular weight is 201 g/mol. The highest BCUT2D eigenvalue weighted by Crippen LogP contribution is 1.98. The third-order valence-electron chi connectivity index (χ3n) is 1.46. The number of carbonyl (C=O) groups excluding carboxylic acids is 2. The van der Waals surface area contributed by atoms with E-state index in [1.54, 1.807) is 13.8 Å². The molecule has 0 aromatic heterocycles. The van der Waals surface area contributed by atoms with Gasteiger partial charge in [-0.05, 0) is 0 Å². The topological polar surface area (TPSA) is 109 Å². The Hall–Kier alpha value is -1.59. The van der Waals surface area contributed by atoms with Crippen LogP contribution < -0.4 is 11.1 Å². The Morgan fingerprint density at radius 2 is 1.86 bits per heavy atom. The number of primary amides is 1. The van der Waals surface area contributed by atoms with E-state index in [9.17, 15) is 14.4 Å². The van der Waals surface area contributed by atoms with E-state index in [0.717, 1.165) is 0 Å². The van der Waals surface area contributed by atoms with E-state index in [2.05, 4.69) is 5.32 Å². The van der Waals surface area contributed by atoms with Crippen LogP contribution in [0.15, 0.2) is 0 Å². The van der Waals surface area contributed by atoms with Crippen LogP contribution in [0, 0.1) is 5.92 Å². The van der Waals surface area contributed by atoms with Gasteiger partial charge in [0.05, 0.1) is 12.3 Å². The van der Waals surface area contributed by atoms with Gasteiger partial charge in [-0.1, -0.05) is 13.8 Å². The summed E-state index contributed by atoms with van der Waals surface area (Å²) in [6.45, 7) is 3.08. The summed E-state index contributed by atoms with van der Waals surface area (Å²) in [6.07, 6.45) is -0.408. The van der Waals surface area contributed by atoms with Crippen LogP contribution in [-0.4, -0.2) is 28.9 Å². The van der Waals surface area contributed by atoms with Gasteiger partial charge in [-0.15, -0.1) is 0 Å². The Morgan fingerprint density at radius 3 is 2.14 bits per heavy atom. The molecular formula is C8H13N2O4. The summed E-state index contributed by atoms with van der Waals surface area (Å²) in [5.41, 5.74) is 4.82. The van der Waals surface area contributed by atoms with E-state index < -0.39 is 30.2 Å². The molecule has 0 spiro atoms. The van der Waals surface area contributed by atoms with Crippen LogP contribution >= 0.6 is 0 Å². The molecule has 0 aliphatic heterocycles. The summed E-state index contributed by atoms with van der Waals surface area (Å²) >= 11 is 0. The summed E-state index contributed by atoms with van der Waals surface area (Å²) in [4.78, 5) is 32.1. The molecule has 0 bridgehead atoms. The van der Waals surface area contributed by atoms with Crippen LogP contribution in [0.1, 0.15) is 20.3 Å². The van der Waals surface area contributed by atoms with Crippen LogP contribution in [0.25, 0.3) is 0 Å². The average Bonchev–Trinajstić information content (AvgIpc) is 2.01. The second-order valence-corrected chi connectivity index (χ2v) is 3.03. The van der Waals surface area contributed by atoms with E-state index in [1.807, 2.05) is 0 Å². The Balaban J connectivity index is 4.31. The van der Waals surface area contributed by atoms with Crippen molar-refractivity contribution in [1.82, 2.24) is 5.32 Å². The first-order valence-corrected chi connectivity index (χ1v) is 3.96. The number of hydrogen-bond donors (Lipinski definition) is 3. The molecule has 0 fully saturated rings. The molecule has 1 unspecified atom stereocenters. The Bertz CT molecular complexity index is 250. The molecule has 0 saturated heterocycles. The lowest BCUT2D eigenvalue weighted by Crippen LogP contribution is -2.44. The fraction of sp³-hybridized carbons (Fsp3) is 0.500. The molecule has 0 heterocycles. The van der Waals surface area contributed by atoms with Crippen molar-refractivity contribution >= 4 is 17.8 Å². The number of aliphatic carboxylic acids is 1. The van der Waals surface area contributed by atoms with Gasteiger partial charge in [-0.25, -0.2) is 4.79 Å². The number of amides is 2. The zero-order chi connectivity index (χ0) is 11.3. The van der Waals surface area contributed by atoms with Gasteiger partial charge in [0.2, 0.25) is 11.8 Å². The van der Waals surface area contributed by atoms with Gasteiger partial charge < -0.3 is 16.2 Å². The first-order chi connectivity index (χ1) is 6.34. The van der Waals surface area contributed by atoms with Crippen molar-refractivity contribution in [2.75, 3.05) is 0 Å². The van der Waals surface area contributed by atoms with Crippen LogP contribution in [0.5, 0.6) is 0 Å². The molecule has 6 heteroatoms. The molecule has 1 radical (unpaired) electrons. The number of hydrogen-bond acceptors (Lipinski definition) is 3. The molecule has 4 N–H and O–H groups in total. The summed E-state index contributed by atoms with van der Waals surface area (Å²) in [6, 6.07) is -1.25. The normalized spacial score (nSPS) is 12.2. The maximum atomic E-state index is 11.1. The fourth-order valence-corrected chi connectivity index (χ4v) is 0.704. The maximum absolute atomic E-state index is 11.1. The zero-order valence-corrected chi connectivity index (χ0v) is 8.03. The summed E-state index contributed by atoms with van der Waals surface area (Å²) < 4.78 is 0. The Morgan fingerprint density at radius 1 is 1.36 bits per heavy atom. The van der Waals surface area contributed by atoms with Crippen molar-refractivity contribution in [1.29, 1.82) is 0 Å². The van der Waals surface area contributed by atoms with E-state index >= 15 is 0 Å². The number of nitrogens with one attached hydrogen (secondary N) is 1. The van der Waals surface area contributed by atoms with Gasteiger partial charge in [0.25, 0.3) is 0 Å². The molecule has 0 aliphatic carbocycles. The molecule has 79 valence electrons. The summed E-state index contributed by atoms with van der Waals surface area (Å²) in [7, 11) is 0. The van der Waals surface area contributed by atoms with Gasteiger partial charge in [-0.3, -0.25) is 9.59 Å². The minimum absolute atomic E-state index is 0.408. The SMILES string of the molecule is C[C](C)C(=O)NC(CC(N)=O)C(=O)O. The van der Waals surface area contributed by atoms with Crippen molar-refractivity contribution in [3.05, 3.63) is 5.92 Å². The molecular weight excluding hydrogens is 188 g/mol. The van der Waals surface area contributed by atoms with Gasteiger partial charge >= 0.3 is 5.97 Å². The monoisotopic (exact) mass is 201 g/mol. The second kappa shape index (κ2) is 5.21. The number of carbonyl (C=O) groups is 3. The quantitative estimate of drug-likeness (QED) is 0.532. The van der Waals surface area contributed by atoms with Crippen molar-refractivity contribution in [2.45, 2.75) is 26.3 Å². The highest BCUT2D eigenvalue weighted by Gasteiger charge is 2.23. The van der Waals surface area contributed by atoms with Crippen molar-refractivity contribution in [2.24, 2.45) is 5.73 Å². The summed E-state index contributed by atoms with van der Waals surface area (Å²) in [5.74, 6) is -2.13. The minimum atomic E-state index is -1.28. The number of nitrogens with two attached hydrogens (primary N) is 1. The van der Waals surface area contributed by atoms with E-state index in [-0.39, 0.29) is 0 Å². The second-order valence-electron chi connectivity index (χ2n) is 3.03. The molecule has 1 atom stereocenters. The Labute approximate surface area is 81.5 Å². The van der Waals surface area contributed by atoms with Gasteiger partial charge in [0, 0.05) is 0 Å². The molecule has 0 saturated carbocycles. The first-order valence-electron chi connectivity index (χ1n) is 3.96. The van der Waals surface area contributed by atoms with Crippen LogP contribution in [-0.2, 0) is 14.4 Å². The highest BCUT2D eigenvalue weighted by molar-refractivity contribution is 5.93. The molecule has 0 rings (SSSR count). The molecule has 14 heavy (non-hydrogen) atoms. The minimum Gasteiger partial charge on any atom is -0.480 e. The number of rotatable bonds is 5. The molecule has 0 aromatic carbocycles.